The van der Waals surface area contributed by atoms with Gasteiger partial charge in [0.05, 0.1) is 16.3 Å². The smallest absolute Gasteiger partial charge is 0.257 e. The third kappa shape index (κ3) is 3.51. The molecule has 1 amide bonds. The molecule has 0 saturated carbocycles. The van der Waals surface area contributed by atoms with Crippen LogP contribution in [0.4, 0.5) is 20.2 Å². The molecule has 7 heteroatoms. The first-order valence-corrected chi connectivity index (χ1v) is 6.03. The third-order valence-corrected chi connectivity index (χ3v) is 2.87. The minimum absolute atomic E-state index is 0.189. The molecule has 0 bridgehead atoms. The van der Waals surface area contributed by atoms with Crippen molar-refractivity contribution >= 4 is 35.0 Å². The van der Waals surface area contributed by atoms with Gasteiger partial charge < -0.3 is 5.32 Å². The molecule has 2 aromatic rings. The van der Waals surface area contributed by atoms with Crippen LogP contribution in [0.2, 0.25) is 5.02 Å². The Bertz CT molecular complexity index is 741. The van der Waals surface area contributed by atoms with E-state index in [1.807, 2.05) is 0 Å². The number of aliphatic imine (C=N–C) groups is 1. The van der Waals surface area contributed by atoms with Gasteiger partial charge in [-0.1, -0.05) is 11.6 Å². The Kier molecular flexibility index (Phi) is 4.42. The quantitative estimate of drug-likeness (QED) is 0.532. The summed E-state index contributed by atoms with van der Waals surface area (Å²) in [6.07, 6.45) is 1.38. The van der Waals surface area contributed by atoms with E-state index in [2.05, 4.69) is 10.3 Å². The maximum absolute atomic E-state index is 13.1. The van der Waals surface area contributed by atoms with Crippen LogP contribution in [-0.2, 0) is 4.79 Å². The first kappa shape index (κ1) is 14.8. The van der Waals surface area contributed by atoms with Gasteiger partial charge in [0, 0.05) is 5.69 Å². The first-order chi connectivity index (χ1) is 10.0. The van der Waals surface area contributed by atoms with Crippen molar-refractivity contribution in [3.8, 4) is 0 Å². The summed E-state index contributed by atoms with van der Waals surface area (Å²) in [5, 5.41) is 2.26. The Labute approximate surface area is 123 Å². The van der Waals surface area contributed by atoms with Crippen LogP contribution in [0.5, 0.6) is 0 Å². The second-order valence-electron chi connectivity index (χ2n) is 3.95. The summed E-state index contributed by atoms with van der Waals surface area (Å²) < 4.78 is 26.1. The zero-order valence-electron chi connectivity index (χ0n) is 10.4. The molecule has 1 N–H and O–H groups in total. The van der Waals surface area contributed by atoms with Crippen molar-refractivity contribution in [1.82, 2.24) is 0 Å². The number of nitrogens with one attached hydrogen (secondary N) is 1. The molecule has 0 aliphatic heterocycles. The summed E-state index contributed by atoms with van der Waals surface area (Å²) in [4.78, 5) is 25.4. The molecule has 0 aliphatic carbocycles. The second-order valence-corrected chi connectivity index (χ2v) is 4.36. The Balaban J connectivity index is 2.21. The van der Waals surface area contributed by atoms with Gasteiger partial charge in [0.25, 0.3) is 5.91 Å². The van der Waals surface area contributed by atoms with E-state index in [1.165, 1.54) is 30.3 Å². The SMILES string of the molecule is O=C=Nc1ccc(NC(=O)c2cc(F)c(F)cc2Cl)cc1. The zero-order chi connectivity index (χ0) is 15.4. The number of anilines is 1. The van der Waals surface area contributed by atoms with Crippen molar-refractivity contribution in [2.24, 2.45) is 4.99 Å². The van der Waals surface area contributed by atoms with E-state index in [1.54, 1.807) is 0 Å². The highest BCUT2D eigenvalue weighted by atomic mass is 35.5. The molecule has 106 valence electrons. The van der Waals surface area contributed by atoms with Crippen LogP contribution in [-0.4, -0.2) is 12.0 Å². The number of carbonyl (C=O) groups is 1. The third-order valence-electron chi connectivity index (χ3n) is 2.55. The predicted molar refractivity (Wildman–Crippen MR) is 73.5 cm³/mol. The standard InChI is InChI=1S/C14H7ClF2N2O2/c15-11-6-13(17)12(16)5-10(11)14(21)19-9-3-1-8(2-4-9)18-7-20/h1-6H,(H,19,21). The Morgan fingerprint density at radius 3 is 2.38 bits per heavy atom. The van der Waals surface area contributed by atoms with Crippen LogP contribution in [0.1, 0.15) is 10.4 Å². The number of amides is 1. The Hall–Kier alpha value is -2.56. The van der Waals surface area contributed by atoms with E-state index in [0.717, 1.165) is 12.1 Å². The highest BCUT2D eigenvalue weighted by Crippen LogP contribution is 2.22. The fourth-order valence-corrected chi connectivity index (χ4v) is 1.80. The topological polar surface area (TPSA) is 58.5 Å². The van der Waals surface area contributed by atoms with Gasteiger partial charge in [0.1, 0.15) is 0 Å². The lowest BCUT2D eigenvalue weighted by Crippen LogP contribution is -2.13. The lowest BCUT2D eigenvalue weighted by atomic mass is 10.2. The summed E-state index contributed by atoms with van der Waals surface area (Å²) in [7, 11) is 0. The predicted octanol–water partition coefficient (Wildman–Crippen LogP) is 3.84. The van der Waals surface area contributed by atoms with Crippen molar-refractivity contribution < 1.29 is 18.4 Å². The number of benzene rings is 2. The van der Waals surface area contributed by atoms with E-state index < -0.39 is 17.5 Å². The van der Waals surface area contributed by atoms with Crippen LogP contribution >= 0.6 is 11.6 Å². The van der Waals surface area contributed by atoms with Crippen LogP contribution in [0, 0.1) is 11.6 Å². The van der Waals surface area contributed by atoms with Gasteiger partial charge in [-0.05, 0) is 36.4 Å². The van der Waals surface area contributed by atoms with Crippen molar-refractivity contribution in [2.45, 2.75) is 0 Å². The number of halogens is 3. The average molecular weight is 309 g/mol. The van der Waals surface area contributed by atoms with E-state index >= 15 is 0 Å². The highest BCUT2D eigenvalue weighted by Gasteiger charge is 2.15. The molecule has 0 aliphatic rings. The monoisotopic (exact) mass is 308 g/mol. The summed E-state index contributed by atoms with van der Waals surface area (Å²) in [6, 6.07) is 7.39. The van der Waals surface area contributed by atoms with E-state index in [9.17, 15) is 18.4 Å². The molecule has 0 spiro atoms. The van der Waals surface area contributed by atoms with Crippen molar-refractivity contribution in [2.75, 3.05) is 5.32 Å². The van der Waals surface area contributed by atoms with Gasteiger partial charge in [-0.25, -0.2) is 13.6 Å². The minimum Gasteiger partial charge on any atom is -0.322 e. The number of carbonyl (C=O) groups excluding carboxylic acids is 2. The number of isocyanates is 1. The maximum Gasteiger partial charge on any atom is 0.257 e. The van der Waals surface area contributed by atoms with E-state index in [-0.39, 0.29) is 10.6 Å². The lowest BCUT2D eigenvalue weighted by Gasteiger charge is -2.07. The molecule has 0 saturated heterocycles. The summed E-state index contributed by atoms with van der Waals surface area (Å²) in [5.41, 5.74) is 0.560. The summed E-state index contributed by atoms with van der Waals surface area (Å²) in [5.74, 6) is -2.99. The first-order valence-electron chi connectivity index (χ1n) is 5.65. The molecular formula is C14H7ClF2N2O2. The van der Waals surface area contributed by atoms with Crippen LogP contribution in [0.25, 0.3) is 0 Å². The second kappa shape index (κ2) is 6.26. The number of nitrogens with zero attached hydrogens (tertiary/aromatic N) is 1. The Morgan fingerprint density at radius 1 is 1.14 bits per heavy atom. The molecule has 0 unspecified atom stereocenters. The molecule has 21 heavy (non-hydrogen) atoms. The summed E-state index contributed by atoms with van der Waals surface area (Å²) in [6.45, 7) is 0. The summed E-state index contributed by atoms with van der Waals surface area (Å²) >= 11 is 5.70. The highest BCUT2D eigenvalue weighted by molar-refractivity contribution is 6.34. The molecule has 4 nitrogen and oxygen atoms in total. The molecular weight excluding hydrogens is 302 g/mol. The Morgan fingerprint density at radius 2 is 1.76 bits per heavy atom. The molecule has 2 rings (SSSR count). The van der Waals surface area contributed by atoms with Crippen molar-refractivity contribution in [3.05, 3.63) is 58.6 Å². The van der Waals surface area contributed by atoms with Gasteiger partial charge in [0.15, 0.2) is 11.6 Å². The van der Waals surface area contributed by atoms with Crippen LogP contribution in [0.3, 0.4) is 0 Å². The van der Waals surface area contributed by atoms with Crippen LogP contribution in [0.15, 0.2) is 41.4 Å². The molecule has 0 aromatic heterocycles. The van der Waals surface area contributed by atoms with E-state index in [4.69, 9.17) is 11.6 Å². The largest absolute Gasteiger partial charge is 0.322 e. The number of hydrogen-bond acceptors (Lipinski definition) is 3. The fraction of sp³-hybridized carbons (Fsp3) is 0. The number of rotatable bonds is 3. The van der Waals surface area contributed by atoms with Crippen molar-refractivity contribution in [3.63, 3.8) is 0 Å². The maximum atomic E-state index is 13.1. The van der Waals surface area contributed by atoms with Gasteiger partial charge in [-0.2, -0.15) is 4.99 Å². The van der Waals surface area contributed by atoms with Crippen molar-refractivity contribution in [1.29, 1.82) is 0 Å². The molecule has 0 atom stereocenters. The van der Waals surface area contributed by atoms with Gasteiger partial charge >= 0.3 is 0 Å². The van der Waals surface area contributed by atoms with Gasteiger partial charge in [-0.15, -0.1) is 0 Å². The molecule has 0 fully saturated rings. The fourth-order valence-electron chi connectivity index (χ4n) is 1.57. The van der Waals surface area contributed by atoms with Crippen LogP contribution < -0.4 is 5.32 Å². The average Bonchev–Trinajstić information content (AvgIpc) is 2.45. The normalized spacial score (nSPS) is 9.86. The zero-order valence-corrected chi connectivity index (χ0v) is 11.1. The van der Waals surface area contributed by atoms with Gasteiger partial charge in [-0.3, -0.25) is 4.79 Å². The lowest BCUT2D eigenvalue weighted by molar-refractivity contribution is 0.102. The number of hydrogen-bond donors (Lipinski definition) is 1. The molecule has 0 radical (unpaired) electrons. The molecule has 0 heterocycles. The van der Waals surface area contributed by atoms with E-state index in [0.29, 0.717) is 11.4 Å². The van der Waals surface area contributed by atoms with Gasteiger partial charge in [0.2, 0.25) is 6.08 Å². The minimum atomic E-state index is -1.17. The molecule has 2 aromatic carbocycles.